The number of amides is 2. The Kier molecular flexibility index (Phi) is 4.99. The predicted octanol–water partition coefficient (Wildman–Crippen LogP) is 2.21. The molecule has 0 bridgehead atoms. The Morgan fingerprint density at radius 3 is 2.67 bits per heavy atom. The highest BCUT2D eigenvalue weighted by atomic mass is 16.4. The largest absolute Gasteiger partial charge is 0.481 e. The van der Waals surface area contributed by atoms with Crippen molar-refractivity contribution in [3.05, 3.63) is 0 Å². The van der Waals surface area contributed by atoms with Gasteiger partial charge in [0.2, 0.25) is 0 Å². The van der Waals surface area contributed by atoms with Crippen LogP contribution in [0.15, 0.2) is 0 Å². The van der Waals surface area contributed by atoms with Gasteiger partial charge in [-0.25, -0.2) is 4.79 Å². The smallest absolute Gasteiger partial charge is 0.318 e. The van der Waals surface area contributed by atoms with Gasteiger partial charge in [0.25, 0.3) is 0 Å². The van der Waals surface area contributed by atoms with E-state index in [0.29, 0.717) is 12.5 Å². The lowest BCUT2D eigenvalue weighted by atomic mass is 9.99. The second-order valence-corrected chi connectivity index (χ2v) is 5.61. The zero-order chi connectivity index (χ0) is 13.8. The Labute approximate surface area is 109 Å². The summed E-state index contributed by atoms with van der Waals surface area (Å²) in [7, 11) is 0. The Morgan fingerprint density at radius 1 is 1.44 bits per heavy atom. The van der Waals surface area contributed by atoms with E-state index in [2.05, 4.69) is 12.2 Å². The Morgan fingerprint density at radius 2 is 2.11 bits per heavy atom. The number of likely N-dealkylation sites (tertiary alicyclic amines) is 1. The standard InChI is InChI=1S/C13H24N2O3/c1-4-10-6-5-9-15(10)12(18)14-13(2,3)8-7-11(16)17/h10H,4-9H2,1-3H3,(H,14,18)(H,16,17). The topological polar surface area (TPSA) is 69.6 Å². The Hall–Kier alpha value is -1.26. The Bertz CT molecular complexity index is 315. The maximum atomic E-state index is 12.1. The van der Waals surface area contributed by atoms with Gasteiger partial charge in [-0.1, -0.05) is 6.92 Å². The molecule has 18 heavy (non-hydrogen) atoms. The van der Waals surface area contributed by atoms with Crippen LogP contribution in [0.25, 0.3) is 0 Å². The van der Waals surface area contributed by atoms with Crippen molar-refractivity contribution >= 4 is 12.0 Å². The van der Waals surface area contributed by atoms with E-state index < -0.39 is 11.5 Å². The van der Waals surface area contributed by atoms with Crippen LogP contribution in [-0.2, 0) is 4.79 Å². The molecule has 1 unspecified atom stereocenters. The van der Waals surface area contributed by atoms with Crippen LogP contribution in [0.5, 0.6) is 0 Å². The number of carboxylic acids is 1. The highest BCUT2D eigenvalue weighted by Gasteiger charge is 2.30. The van der Waals surface area contributed by atoms with E-state index in [1.165, 1.54) is 0 Å². The molecule has 1 saturated heterocycles. The lowest BCUT2D eigenvalue weighted by Crippen LogP contribution is -2.51. The molecule has 104 valence electrons. The number of carboxylic acid groups (broad SMARTS) is 1. The molecule has 5 heteroatoms. The van der Waals surface area contributed by atoms with Crippen molar-refractivity contribution in [3.63, 3.8) is 0 Å². The minimum absolute atomic E-state index is 0.0604. The van der Waals surface area contributed by atoms with Gasteiger partial charge in [-0.2, -0.15) is 0 Å². The molecule has 0 aromatic heterocycles. The molecular formula is C13H24N2O3. The van der Waals surface area contributed by atoms with E-state index >= 15 is 0 Å². The van der Waals surface area contributed by atoms with Crippen LogP contribution >= 0.6 is 0 Å². The Balaban J connectivity index is 2.49. The van der Waals surface area contributed by atoms with Gasteiger partial charge < -0.3 is 15.3 Å². The number of aliphatic carboxylic acids is 1. The molecule has 0 spiro atoms. The number of urea groups is 1. The summed E-state index contributed by atoms with van der Waals surface area (Å²) in [5, 5.41) is 11.6. The van der Waals surface area contributed by atoms with Crippen molar-refractivity contribution in [3.8, 4) is 0 Å². The molecule has 1 fully saturated rings. The molecule has 1 aliphatic heterocycles. The first-order chi connectivity index (χ1) is 8.35. The van der Waals surface area contributed by atoms with Crippen molar-refractivity contribution in [1.29, 1.82) is 0 Å². The molecule has 0 aliphatic carbocycles. The van der Waals surface area contributed by atoms with Crippen LogP contribution in [0.2, 0.25) is 0 Å². The first-order valence-electron chi connectivity index (χ1n) is 6.66. The molecule has 0 radical (unpaired) electrons. The van der Waals surface area contributed by atoms with Crippen molar-refractivity contribution in [2.45, 2.75) is 64.5 Å². The summed E-state index contributed by atoms with van der Waals surface area (Å²) in [6, 6.07) is 0.273. The van der Waals surface area contributed by atoms with E-state index in [-0.39, 0.29) is 12.5 Å². The van der Waals surface area contributed by atoms with E-state index in [1.54, 1.807) is 0 Å². The normalized spacial score (nSPS) is 19.9. The average molecular weight is 256 g/mol. The molecule has 1 aliphatic rings. The van der Waals surface area contributed by atoms with E-state index in [0.717, 1.165) is 25.8 Å². The molecule has 5 nitrogen and oxygen atoms in total. The number of rotatable bonds is 5. The fraction of sp³-hybridized carbons (Fsp3) is 0.846. The SMILES string of the molecule is CCC1CCCN1C(=O)NC(C)(C)CCC(=O)O. The lowest BCUT2D eigenvalue weighted by Gasteiger charge is -2.31. The van der Waals surface area contributed by atoms with Gasteiger partial charge in [-0.15, -0.1) is 0 Å². The zero-order valence-corrected chi connectivity index (χ0v) is 11.5. The summed E-state index contributed by atoms with van der Waals surface area (Å²) in [6.45, 7) is 6.63. The first-order valence-corrected chi connectivity index (χ1v) is 6.66. The van der Waals surface area contributed by atoms with Crippen LogP contribution in [0.4, 0.5) is 4.79 Å². The molecule has 0 aromatic rings. The monoisotopic (exact) mass is 256 g/mol. The summed E-state index contributed by atoms with van der Waals surface area (Å²) >= 11 is 0. The van der Waals surface area contributed by atoms with Crippen molar-refractivity contribution in [2.24, 2.45) is 0 Å². The van der Waals surface area contributed by atoms with Gasteiger partial charge >= 0.3 is 12.0 Å². The maximum absolute atomic E-state index is 12.1. The second kappa shape index (κ2) is 6.07. The maximum Gasteiger partial charge on any atom is 0.318 e. The quantitative estimate of drug-likeness (QED) is 0.792. The number of hydrogen-bond donors (Lipinski definition) is 2. The van der Waals surface area contributed by atoms with Crippen LogP contribution in [-0.4, -0.2) is 40.1 Å². The fourth-order valence-electron chi connectivity index (χ4n) is 2.37. The van der Waals surface area contributed by atoms with Crippen molar-refractivity contribution in [1.82, 2.24) is 10.2 Å². The third-order valence-electron chi connectivity index (χ3n) is 3.52. The molecule has 1 atom stereocenters. The van der Waals surface area contributed by atoms with E-state index in [4.69, 9.17) is 5.11 Å². The van der Waals surface area contributed by atoms with Crippen molar-refractivity contribution < 1.29 is 14.7 Å². The summed E-state index contributed by atoms with van der Waals surface area (Å²) in [5.74, 6) is -0.829. The summed E-state index contributed by atoms with van der Waals surface area (Å²) in [6.07, 6.45) is 3.62. The molecule has 0 saturated carbocycles. The summed E-state index contributed by atoms with van der Waals surface area (Å²) in [5.41, 5.74) is -0.476. The van der Waals surface area contributed by atoms with Crippen LogP contribution < -0.4 is 5.32 Å². The second-order valence-electron chi connectivity index (χ2n) is 5.61. The average Bonchev–Trinajstić information content (AvgIpc) is 2.74. The van der Waals surface area contributed by atoms with Crippen molar-refractivity contribution in [2.75, 3.05) is 6.54 Å². The molecule has 0 aromatic carbocycles. The highest BCUT2D eigenvalue weighted by Crippen LogP contribution is 2.21. The molecule has 2 amide bonds. The number of hydrogen-bond acceptors (Lipinski definition) is 2. The summed E-state index contributed by atoms with van der Waals surface area (Å²) in [4.78, 5) is 24.6. The molecular weight excluding hydrogens is 232 g/mol. The first kappa shape index (κ1) is 14.8. The lowest BCUT2D eigenvalue weighted by molar-refractivity contribution is -0.137. The number of nitrogens with one attached hydrogen (secondary N) is 1. The van der Waals surface area contributed by atoms with Crippen LogP contribution in [0.3, 0.4) is 0 Å². The third kappa shape index (κ3) is 4.20. The van der Waals surface area contributed by atoms with Crippen LogP contribution in [0.1, 0.15) is 52.9 Å². The van der Waals surface area contributed by atoms with E-state index in [1.807, 2.05) is 18.7 Å². The van der Waals surface area contributed by atoms with Gasteiger partial charge in [0, 0.05) is 24.5 Å². The number of carbonyl (C=O) groups excluding carboxylic acids is 1. The minimum Gasteiger partial charge on any atom is -0.481 e. The predicted molar refractivity (Wildman–Crippen MR) is 69.5 cm³/mol. The highest BCUT2D eigenvalue weighted by molar-refractivity contribution is 5.75. The van der Waals surface area contributed by atoms with Gasteiger partial charge in [0.15, 0.2) is 0 Å². The summed E-state index contributed by atoms with van der Waals surface area (Å²) < 4.78 is 0. The zero-order valence-electron chi connectivity index (χ0n) is 11.5. The van der Waals surface area contributed by atoms with Gasteiger partial charge in [0.05, 0.1) is 0 Å². The van der Waals surface area contributed by atoms with E-state index in [9.17, 15) is 9.59 Å². The minimum atomic E-state index is -0.829. The molecule has 2 N–H and O–H groups in total. The fourth-order valence-corrected chi connectivity index (χ4v) is 2.37. The van der Waals surface area contributed by atoms with Crippen LogP contribution in [0, 0.1) is 0 Å². The van der Waals surface area contributed by atoms with Gasteiger partial charge in [0.1, 0.15) is 0 Å². The molecule has 1 rings (SSSR count). The third-order valence-corrected chi connectivity index (χ3v) is 3.52. The van der Waals surface area contributed by atoms with Gasteiger partial charge in [-0.3, -0.25) is 4.79 Å². The van der Waals surface area contributed by atoms with Gasteiger partial charge in [-0.05, 0) is 39.5 Å². The molecule has 1 heterocycles. The number of carbonyl (C=O) groups is 2. The number of nitrogens with zero attached hydrogens (tertiary/aromatic N) is 1.